The number of hydrogen-bond donors (Lipinski definition) is 1. The van der Waals surface area contributed by atoms with Gasteiger partial charge in [-0.15, -0.1) is 0 Å². The summed E-state index contributed by atoms with van der Waals surface area (Å²) in [6.45, 7) is 3.78. The number of nitrogens with zero attached hydrogens (tertiary/aromatic N) is 2. The lowest BCUT2D eigenvalue weighted by Crippen LogP contribution is -2.32. The highest BCUT2D eigenvalue weighted by molar-refractivity contribution is 7.94. The summed E-state index contributed by atoms with van der Waals surface area (Å²) in [7, 11) is -0.456. The maximum absolute atomic E-state index is 12.1. The summed E-state index contributed by atoms with van der Waals surface area (Å²) >= 11 is 0. The van der Waals surface area contributed by atoms with Gasteiger partial charge in [0.25, 0.3) is 0 Å². The van der Waals surface area contributed by atoms with Crippen molar-refractivity contribution >= 4 is 33.2 Å². The number of fused-ring (bicyclic) bond motifs is 1. The molecule has 0 spiro atoms. The average molecular weight is 297 g/mol. The molecule has 2 rings (SSSR count). The van der Waals surface area contributed by atoms with E-state index in [0.717, 1.165) is 12.0 Å². The van der Waals surface area contributed by atoms with Gasteiger partial charge in [-0.25, -0.2) is 0 Å². The Morgan fingerprint density at radius 3 is 2.30 bits per heavy atom. The van der Waals surface area contributed by atoms with E-state index in [2.05, 4.69) is 5.32 Å². The maximum atomic E-state index is 12.1. The Labute approximate surface area is 119 Å². The van der Waals surface area contributed by atoms with Crippen molar-refractivity contribution in [1.82, 2.24) is 0 Å². The number of hydrogen-bond acceptors (Lipinski definition) is 3. The number of carbonyl (C=O) groups excluding carboxylic acids is 1. The second-order valence-corrected chi connectivity index (χ2v) is 6.89. The fourth-order valence-corrected chi connectivity index (χ4v) is 3.35. The van der Waals surface area contributed by atoms with Gasteiger partial charge in [-0.05, 0) is 31.0 Å². The molecule has 0 unspecified atom stereocenters. The van der Waals surface area contributed by atoms with Crippen molar-refractivity contribution in [3.63, 3.8) is 0 Å². The number of rotatable bonds is 3. The quantitative estimate of drug-likeness (QED) is 0.926. The van der Waals surface area contributed by atoms with Gasteiger partial charge in [0.05, 0.1) is 11.4 Å². The van der Waals surface area contributed by atoms with Crippen LogP contribution < -0.4 is 13.9 Å². The minimum Gasteiger partial charge on any atom is -0.326 e. The van der Waals surface area contributed by atoms with Crippen LogP contribution in [0.2, 0.25) is 0 Å². The van der Waals surface area contributed by atoms with Crippen LogP contribution in [-0.2, 0) is 15.0 Å². The highest BCUT2D eigenvalue weighted by atomic mass is 32.2. The molecule has 0 aliphatic carbocycles. The Balaban J connectivity index is 2.43. The van der Waals surface area contributed by atoms with Crippen molar-refractivity contribution < 1.29 is 13.2 Å². The Hall–Kier alpha value is -1.76. The van der Waals surface area contributed by atoms with Gasteiger partial charge in [0.2, 0.25) is 5.91 Å². The Bertz CT molecular complexity index is 655. The second kappa shape index (κ2) is 4.97. The predicted molar refractivity (Wildman–Crippen MR) is 80.4 cm³/mol. The lowest BCUT2D eigenvalue weighted by Gasteiger charge is -2.13. The summed E-state index contributed by atoms with van der Waals surface area (Å²) in [4.78, 5) is 11.7. The third-order valence-electron chi connectivity index (χ3n) is 3.44. The maximum Gasteiger partial charge on any atom is 0.326 e. The highest BCUT2D eigenvalue weighted by Gasteiger charge is 2.35. The average Bonchev–Trinajstić information content (AvgIpc) is 2.53. The van der Waals surface area contributed by atoms with Gasteiger partial charge < -0.3 is 5.32 Å². The van der Waals surface area contributed by atoms with E-state index in [4.69, 9.17) is 0 Å². The molecule has 0 atom stereocenters. The molecule has 0 saturated heterocycles. The SMILES string of the molecule is CCCC(=O)Nc1cc2c(cc1C)N(C)S(=O)(=O)N2C. The number of anilines is 3. The molecule has 1 N–H and O–H groups in total. The van der Waals surface area contributed by atoms with Gasteiger partial charge in [-0.3, -0.25) is 13.4 Å². The first-order chi connectivity index (χ1) is 9.28. The topological polar surface area (TPSA) is 69.7 Å². The summed E-state index contributed by atoms with van der Waals surface area (Å²) in [5, 5.41) is 2.82. The van der Waals surface area contributed by atoms with E-state index < -0.39 is 10.2 Å². The fourth-order valence-electron chi connectivity index (χ4n) is 2.19. The third kappa shape index (κ3) is 2.22. The Kier molecular flexibility index (Phi) is 3.64. The van der Waals surface area contributed by atoms with E-state index in [1.807, 2.05) is 13.8 Å². The van der Waals surface area contributed by atoms with E-state index in [1.54, 1.807) is 12.1 Å². The molecule has 0 fully saturated rings. The molecular weight excluding hydrogens is 278 g/mol. The van der Waals surface area contributed by atoms with E-state index in [-0.39, 0.29) is 5.91 Å². The second-order valence-electron chi connectivity index (χ2n) is 4.90. The number of aryl methyl sites for hydroxylation is 1. The molecule has 1 amide bonds. The highest BCUT2D eigenvalue weighted by Crippen LogP contribution is 2.41. The van der Waals surface area contributed by atoms with Crippen LogP contribution in [0, 0.1) is 6.92 Å². The smallest absolute Gasteiger partial charge is 0.326 e. The largest absolute Gasteiger partial charge is 0.326 e. The molecule has 0 saturated carbocycles. The van der Waals surface area contributed by atoms with Crippen LogP contribution >= 0.6 is 0 Å². The van der Waals surface area contributed by atoms with E-state index in [9.17, 15) is 13.2 Å². The normalized spacial score (nSPS) is 16.2. The summed E-state index contributed by atoms with van der Waals surface area (Å²) in [5.41, 5.74) is 2.69. The van der Waals surface area contributed by atoms with E-state index in [0.29, 0.717) is 23.5 Å². The van der Waals surface area contributed by atoms with Crippen molar-refractivity contribution in [2.45, 2.75) is 26.7 Å². The lowest BCUT2D eigenvalue weighted by molar-refractivity contribution is -0.116. The van der Waals surface area contributed by atoms with Crippen molar-refractivity contribution in [2.24, 2.45) is 0 Å². The van der Waals surface area contributed by atoms with Crippen LogP contribution in [0.1, 0.15) is 25.3 Å². The minimum absolute atomic E-state index is 0.0626. The fraction of sp³-hybridized carbons (Fsp3) is 0.462. The molecule has 1 aromatic carbocycles. The molecule has 7 heteroatoms. The molecule has 20 heavy (non-hydrogen) atoms. The number of nitrogens with one attached hydrogen (secondary N) is 1. The first-order valence-corrected chi connectivity index (χ1v) is 7.86. The molecule has 0 bridgehead atoms. The molecule has 0 radical (unpaired) electrons. The zero-order valence-corrected chi connectivity index (χ0v) is 12.9. The first kappa shape index (κ1) is 14.6. The van der Waals surface area contributed by atoms with Crippen molar-refractivity contribution in [1.29, 1.82) is 0 Å². The number of amides is 1. The van der Waals surface area contributed by atoms with Crippen LogP contribution in [0.3, 0.4) is 0 Å². The van der Waals surface area contributed by atoms with Crippen LogP contribution in [-0.4, -0.2) is 28.4 Å². The van der Waals surface area contributed by atoms with Crippen molar-refractivity contribution in [3.05, 3.63) is 17.7 Å². The molecule has 0 aromatic heterocycles. The van der Waals surface area contributed by atoms with Gasteiger partial charge in [0.1, 0.15) is 0 Å². The Morgan fingerprint density at radius 2 is 1.75 bits per heavy atom. The molecule has 1 heterocycles. The molecule has 1 aliphatic heterocycles. The first-order valence-electron chi connectivity index (χ1n) is 6.46. The lowest BCUT2D eigenvalue weighted by atomic mass is 10.1. The summed E-state index contributed by atoms with van der Waals surface area (Å²) in [6, 6.07) is 3.48. The van der Waals surface area contributed by atoms with E-state index >= 15 is 0 Å². The van der Waals surface area contributed by atoms with Crippen LogP contribution in [0.4, 0.5) is 17.1 Å². The molecule has 6 nitrogen and oxygen atoms in total. The summed E-state index contributed by atoms with van der Waals surface area (Å²) in [5.74, 6) is -0.0626. The molecule has 1 aliphatic rings. The Morgan fingerprint density at radius 1 is 1.20 bits per heavy atom. The van der Waals surface area contributed by atoms with Gasteiger partial charge in [0.15, 0.2) is 0 Å². The van der Waals surface area contributed by atoms with Crippen molar-refractivity contribution in [2.75, 3.05) is 28.0 Å². The number of benzene rings is 1. The number of carbonyl (C=O) groups is 1. The zero-order valence-electron chi connectivity index (χ0n) is 12.1. The zero-order chi connectivity index (χ0) is 15.1. The monoisotopic (exact) mass is 297 g/mol. The summed E-state index contributed by atoms with van der Waals surface area (Å²) in [6.07, 6.45) is 1.22. The molecule has 1 aromatic rings. The third-order valence-corrected chi connectivity index (χ3v) is 5.22. The van der Waals surface area contributed by atoms with E-state index in [1.165, 1.54) is 22.7 Å². The van der Waals surface area contributed by atoms with Crippen molar-refractivity contribution in [3.8, 4) is 0 Å². The van der Waals surface area contributed by atoms with Crippen LogP contribution in [0.5, 0.6) is 0 Å². The minimum atomic E-state index is -3.48. The standard InChI is InChI=1S/C13H19N3O3S/c1-5-6-13(17)14-10-8-12-11(7-9(10)2)15(3)20(18,19)16(12)4/h7-8H,5-6H2,1-4H3,(H,14,17). The van der Waals surface area contributed by atoms with Crippen LogP contribution in [0.25, 0.3) is 0 Å². The van der Waals surface area contributed by atoms with Gasteiger partial charge in [-0.1, -0.05) is 6.92 Å². The predicted octanol–water partition coefficient (Wildman–Crippen LogP) is 1.86. The summed E-state index contributed by atoms with van der Waals surface area (Å²) < 4.78 is 26.6. The van der Waals surface area contributed by atoms with Crippen LogP contribution in [0.15, 0.2) is 12.1 Å². The van der Waals surface area contributed by atoms with Gasteiger partial charge in [0, 0.05) is 26.2 Å². The molecular formula is C13H19N3O3S. The van der Waals surface area contributed by atoms with Gasteiger partial charge in [-0.2, -0.15) is 8.42 Å². The molecule has 110 valence electrons. The van der Waals surface area contributed by atoms with Gasteiger partial charge >= 0.3 is 10.2 Å².